The van der Waals surface area contributed by atoms with Crippen LogP contribution >= 0.6 is 11.3 Å². The lowest BCUT2D eigenvalue weighted by Crippen LogP contribution is -2.38. The zero-order chi connectivity index (χ0) is 24.2. The van der Waals surface area contributed by atoms with Gasteiger partial charge >= 0.3 is 5.97 Å². The molecule has 1 amide bonds. The van der Waals surface area contributed by atoms with E-state index in [1.807, 2.05) is 10.3 Å². The zero-order valence-corrected chi connectivity index (χ0v) is 20.1. The zero-order valence-electron chi connectivity index (χ0n) is 19.3. The topological polar surface area (TPSA) is 122 Å². The number of nitriles is 1. The fourth-order valence-electron chi connectivity index (χ4n) is 4.07. The summed E-state index contributed by atoms with van der Waals surface area (Å²) in [6.45, 7) is 5.22. The third-order valence-electron chi connectivity index (χ3n) is 5.72. The van der Waals surface area contributed by atoms with Gasteiger partial charge in [-0.1, -0.05) is 13.8 Å². The predicted octanol–water partition coefficient (Wildman–Crippen LogP) is 4.71. The number of ether oxygens (including phenoxy) is 1. The number of piperidine rings is 1. The number of carbonyl (C=O) groups excluding carboxylic acids is 2. The number of amides is 1. The maximum Gasteiger partial charge on any atom is 0.341 e. The van der Waals surface area contributed by atoms with Gasteiger partial charge in [-0.25, -0.2) is 4.79 Å². The second kappa shape index (κ2) is 10.1. The highest BCUT2D eigenvalue weighted by atomic mass is 32.1. The van der Waals surface area contributed by atoms with E-state index in [0.717, 1.165) is 12.0 Å². The van der Waals surface area contributed by atoms with Crippen molar-refractivity contribution < 1.29 is 23.2 Å². The molecule has 0 atom stereocenters. The molecule has 0 saturated carbocycles. The molecule has 0 bridgehead atoms. The first kappa shape index (κ1) is 23.6. The molecule has 1 aliphatic heterocycles. The summed E-state index contributed by atoms with van der Waals surface area (Å²) in [6.07, 6.45) is 3.39. The number of methoxy groups -OCH3 is 1. The monoisotopic (exact) mass is 482 g/mol. The summed E-state index contributed by atoms with van der Waals surface area (Å²) < 4.78 is 16.1. The van der Waals surface area contributed by atoms with Crippen molar-refractivity contribution in [1.82, 2.24) is 4.98 Å². The van der Waals surface area contributed by atoms with Gasteiger partial charge in [-0.15, -0.1) is 11.3 Å². The lowest BCUT2D eigenvalue weighted by Gasteiger charge is -2.30. The highest BCUT2D eigenvalue weighted by Crippen LogP contribution is 2.34. The van der Waals surface area contributed by atoms with Gasteiger partial charge in [-0.05, 0) is 48.3 Å². The molecule has 4 heterocycles. The Hall–Kier alpha value is -3.58. The summed E-state index contributed by atoms with van der Waals surface area (Å²) in [5.74, 6) is 0.662. The molecule has 34 heavy (non-hydrogen) atoms. The third-order valence-corrected chi connectivity index (χ3v) is 6.67. The van der Waals surface area contributed by atoms with Crippen molar-refractivity contribution in [3.63, 3.8) is 0 Å². The summed E-state index contributed by atoms with van der Waals surface area (Å²) in [6, 6.07) is 5.51. The largest absolute Gasteiger partial charge is 0.465 e. The fraction of sp³-hybridized carbons (Fsp3) is 0.417. The van der Waals surface area contributed by atoms with E-state index < -0.39 is 5.97 Å². The van der Waals surface area contributed by atoms with Crippen LogP contribution < -0.4 is 10.2 Å². The van der Waals surface area contributed by atoms with E-state index in [0.29, 0.717) is 54.1 Å². The van der Waals surface area contributed by atoms with E-state index in [9.17, 15) is 14.9 Å². The van der Waals surface area contributed by atoms with Crippen LogP contribution in [0.5, 0.6) is 0 Å². The molecule has 4 rings (SSSR count). The van der Waals surface area contributed by atoms with Gasteiger partial charge in [0.2, 0.25) is 17.5 Å². The van der Waals surface area contributed by atoms with E-state index in [1.54, 1.807) is 12.1 Å². The predicted molar refractivity (Wildman–Crippen MR) is 127 cm³/mol. The Morgan fingerprint density at radius 1 is 1.38 bits per heavy atom. The molecule has 1 N–H and O–H groups in total. The minimum atomic E-state index is -0.441. The van der Waals surface area contributed by atoms with Crippen LogP contribution in [-0.2, 0) is 16.0 Å². The molecule has 178 valence electrons. The van der Waals surface area contributed by atoms with Gasteiger partial charge in [0.15, 0.2) is 5.76 Å². The van der Waals surface area contributed by atoms with Crippen LogP contribution in [-0.4, -0.2) is 37.1 Å². The summed E-state index contributed by atoms with van der Waals surface area (Å²) in [5.41, 5.74) is 1.52. The van der Waals surface area contributed by atoms with Gasteiger partial charge in [-0.3, -0.25) is 4.79 Å². The van der Waals surface area contributed by atoms with E-state index in [-0.39, 0.29) is 23.4 Å². The second-order valence-electron chi connectivity index (χ2n) is 8.57. The quantitative estimate of drug-likeness (QED) is 0.481. The number of anilines is 2. The molecule has 3 aromatic rings. The average Bonchev–Trinajstić information content (AvgIpc) is 3.58. The molecule has 9 nitrogen and oxygen atoms in total. The minimum Gasteiger partial charge on any atom is -0.465 e. The molecular weight excluding hydrogens is 456 g/mol. The number of hydrogen-bond acceptors (Lipinski definition) is 9. The Bertz CT molecular complexity index is 1200. The first-order chi connectivity index (χ1) is 16.4. The van der Waals surface area contributed by atoms with Crippen molar-refractivity contribution in [3.05, 3.63) is 40.6 Å². The van der Waals surface area contributed by atoms with Crippen molar-refractivity contribution in [2.75, 3.05) is 30.4 Å². The maximum atomic E-state index is 13.0. The number of esters is 1. The van der Waals surface area contributed by atoms with Crippen molar-refractivity contribution in [2.24, 2.45) is 11.8 Å². The summed E-state index contributed by atoms with van der Waals surface area (Å²) >= 11 is 1.35. The molecule has 1 aliphatic rings. The molecule has 0 spiro atoms. The highest BCUT2D eigenvalue weighted by Gasteiger charge is 2.31. The Morgan fingerprint density at radius 2 is 2.15 bits per heavy atom. The molecule has 0 radical (unpaired) electrons. The van der Waals surface area contributed by atoms with Crippen LogP contribution in [0.1, 0.15) is 48.3 Å². The Balaban J connectivity index is 1.43. The number of thiophene rings is 1. The van der Waals surface area contributed by atoms with Gasteiger partial charge < -0.3 is 23.8 Å². The van der Waals surface area contributed by atoms with Gasteiger partial charge in [-0.2, -0.15) is 10.2 Å². The van der Waals surface area contributed by atoms with E-state index in [2.05, 4.69) is 30.2 Å². The van der Waals surface area contributed by atoms with Crippen molar-refractivity contribution >= 4 is 34.1 Å². The van der Waals surface area contributed by atoms with Crippen LogP contribution in [0.2, 0.25) is 0 Å². The van der Waals surface area contributed by atoms with Crippen molar-refractivity contribution in [2.45, 2.75) is 33.1 Å². The normalized spacial score (nSPS) is 14.3. The van der Waals surface area contributed by atoms with Gasteiger partial charge in [0, 0.05) is 19.0 Å². The Morgan fingerprint density at radius 3 is 2.76 bits per heavy atom. The standard InChI is InChI=1S/C24H26N4O5S/c1-14(2)11-16-13-34-22(19(16)24(30)31-3)27-20(29)15-6-8-28(9-7-15)23-17(12-25)26-21(33-23)18-5-4-10-32-18/h4-5,10,13-15H,6-9,11H2,1-3H3,(H,27,29). The number of hydrogen-bond donors (Lipinski definition) is 1. The minimum absolute atomic E-state index is 0.128. The van der Waals surface area contributed by atoms with Crippen LogP contribution in [0.25, 0.3) is 11.7 Å². The van der Waals surface area contributed by atoms with Crippen LogP contribution in [0.15, 0.2) is 32.6 Å². The number of nitrogens with one attached hydrogen (secondary N) is 1. The molecule has 10 heteroatoms. The molecule has 0 aliphatic carbocycles. The number of oxazole rings is 1. The van der Waals surface area contributed by atoms with Gasteiger partial charge in [0.05, 0.1) is 18.9 Å². The molecule has 3 aromatic heterocycles. The van der Waals surface area contributed by atoms with Crippen LogP contribution in [0.3, 0.4) is 0 Å². The van der Waals surface area contributed by atoms with Gasteiger partial charge in [0.25, 0.3) is 5.89 Å². The molecule has 1 fully saturated rings. The SMILES string of the molecule is COC(=O)c1c(CC(C)C)csc1NC(=O)C1CCN(c2oc(-c3ccco3)nc2C#N)CC1. The number of carbonyl (C=O) groups is 2. The summed E-state index contributed by atoms with van der Waals surface area (Å²) in [4.78, 5) is 31.5. The van der Waals surface area contributed by atoms with Crippen LogP contribution in [0.4, 0.5) is 10.9 Å². The maximum absolute atomic E-state index is 13.0. The van der Waals surface area contributed by atoms with E-state index in [4.69, 9.17) is 13.6 Å². The smallest absolute Gasteiger partial charge is 0.341 e. The van der Waals surface area contributed by atoms with E-state index in [1.165, 1.54) is 24.7 Å². The van der Waals surface area contributed by atoms with Crippen molar-refractivity contribution in [3.8, 4) is 17.7 Å². The molecular formula is C24H26N4O5S. The summed E-state index contributed by atoms with van der Waals surface area (Å²) in [7, 11) is 1.34. The average molecular weight is 483 g/mol. The number of rotatable bonds is 7. The first-order valence-electron chi connectivity index (χ1n) is 11.1. The third kappa shape index (κ3) is 4.84. The molecule has 0 unspecified atom stereocenters. The molecule has 1 saturated heterocycles. The Labute approximate surface area is 201 Å². The lowest BCUT2D eigenvalue weighted by atomic mass is 9.95. The Kier molecular flexibility index (Phi) is 7.03. The highest BCUT2D eigenvalue weighted by molar-refractivity contribution is 7.15. The fourth-order valence-corrected chi connectivity index (χ4v) is 5.03. The second-order valence-corrected chi connectivity index (χ2v) is 9.45. The lowest BCUT2D eigenvalue weighted by molar-refractivity contribution is -0.120. The summed E-state index contributed by atoms with van der Waals surface area (Å²) in [5, 5.41) is 14.9. The van der Waals surface area contributed by atoms with E-state index >= 15 is 0 Å². The first-order valence-corrected chi connectivity index (χ1v) is 12.0. The van der Waals surface area contributed by atoms with Crippen molar-refractivity contribution in [1.29, 1.82) is 5.26 Å². The van der Waals surface area contributed by atoms with Crippen LogP contribution in [0, 0.1) is 23.2 Å². The molecule has 0 aromatic carbocycles. The number of aromatic nitrogens is 1. The number of nitrogens with zero attached hydrogens (tertiary/aromatic N) is 3. The number of furan rings is 1. The van der Waals surface area contributed by atoms with Gasteiger partial charge in [0.1, 0.15) is 11.1 Å².